The van der Waals surface area contributed by atoms with Crippen molar-refractivity contribution in [3.8, 4) is 0 Å². The maximum Gasteiger partial charge on any atom is 0.416 e. The molecular weight excluding hydrogens is 987 g/mol. The van der Waals surface area contributed by atoms with Crippen LogP contribution in [0.2, 0.25) is 0 Å². The van der Waals surface area contributed by atoms with E-state index in [4.69, 9.17) is 9.97 Å². The number of alkyl halides is 6. The molecule has 7 aromatic carbocycles. The highest BCUT2D eigenvalue weighted by Gasteiger charge is 2.47. The quantitative estimate of drug-likeness (QED) is 0.162. The number of aromatic nitrogens is 4. The van der Waals surface area contributed by atoms with Gasteiger partial charge in [-0.2, -0.15) is 26.3 Å². The largest absolute Gasteiger partial charge is 0.416 e. The van der Waals surface area contributed by atoms with Crippen LogP contribution in [0.1, 0.15) is 154 Å². The van der Waals surface area contributed by atoms with Gasteiger partial charge in [-0.3, -0.25) is 9.97 Å². The van der Waals surface area contributed by atoms with Gasteiger partial charge in [0, 0.05) is 54.9 Å². The van der Waals surface area contributed by atoms with Crippen molar-refractivity contribution in [2.45, 2.75) is 90.4 Å². The Hall–Kier alpha value is -7.98. The van der Waals surface area contributed by atoms with Gasteiger partial charge >= 0.3 is 12.4 Å². The summed E-state index contributed by atoms with van der Waals surface area (Å²) in [7, 11) is 0. The lowest BCUT2D eigenvalue weighted by atomic mass is 9.62. The van der Waals surface area contributed by atoms with Crippen LogP contribution in [0.25, 0.3) is 76.2 Å². The molecule has 4 nitrogen and oxygen atoms in total. The lowest BCUT2D eigenvalue weighted by Crippen LogP contribution is -2.28. The normalized spacial score (nSPS) is 18.6. The summed E-state index contributed by atoms with van der Waals surface area (Å²) in [5, 5.41) is 4.79. The summed E-state index contributed by atoms with van der Waals surface area (Å²) in [4.78, 5) is 10.8. The van der Waals surface area contributed by atoms with E-state index in [-0.39, 0.29) is 23.7 Å². The summed E-state index contributed by atoms with van der Waals surface area (Å²) in [6.07, 6.45) is -4.88. The van der Waals surface area contributed by atoms with Crippen LogP contribution in [-0.4, -0.2) is 18.8 Å². The van der Waals surface area contributed by atoms with Crippen molar-refractivity contribution in [2.24, 2.45) is 10.8 Å². The highest BCUT2D eigenvalue weighted by Crippen LogP contribution is 2.62. The minimum absolute atomic E-state index is 0.216. The highest BCUT2D eigenvalue weighted by atomic mass is 19.4. The van der Waals surface area contributed by atoms with Gasteiger partial charge in [-0.15, -0.1) is 0 Å². The van der Waals surface area contributed by atoms with E-state index in [9.17, 15) is 0 Å². The first-order chi connectivity index (χ1) is 37.3. The first-order valence-corrected chi connectivity index (χ1v) is 27.0. The predicted molar refractivity (Wildman–Crippen MR) is 297 cm³/mol. The maximum absolute atomic E-state index is 16.0. The van der Waals surface area contributed by atoms with Gasteiger partial charge in [0.25, 0.3) is 0 Å². The van der Waals surface area contributed by atoms with E-state index in [2.05, 4.69) is 98.9 Å². The predicted octanol–water partition coefficient (Wildman–Crippen LogP) is 18.0. The molecule has 0 radical (unpaired) electrons. The minimum Gasteiger partial charge on any atom is -0.306 e. The molecule has 6 aliphatic rings. The Bertz CT molecular complexity index is 4480. The molecule has 0 N–H and O–H groups in total. The SMILES string of the molecule is CC(C)(C)Cc1c2c3cc(C(F)(F)F)cc4c5c6c(ncc5n(c2c(CC(C)(C)C)c2c5cc(C(F)(F)F)cc7c8c9c(ncc8n(c12)c75)C1c2ccccc2C9c2ccccc21)c43)C1c2ccccc2C6c2ccccc21. The van der Waals surface area contributed by atoms with E-state index >= 15 is 26.3 Å². The van der Waals surface area contributed by atoms with Crippen LogP contribution < -0.4 is 0 Å². The molecule has 0 aliphatic heterocycles. The molecule has 6 aromatic heterocycles. The van der Waals surface area contributed by atoms with Crippen LogP contribution in [0.15, 0.2) is 134 Å². The van der Waals surface area contributed by atoms with Gasteiger partial charge in [-0.1, -0.05) is 139 Å². The van der Waals surface area contributed by atoms with Crippen molar-refractivity contribution in [1.82, 2.24) is 18.8 Å². The molecule has 19 rings (SSSR count). The molecule has 4 bridgehead atoms. The van der Waals surface area contributed by atoms with Crippen molar-refractivity contribution in [1.29, 1.82) is 0 Å². The summed E-state index contributed by atoms with van der Waals surface area (Å²) in [5.41, 5.74) is 15.9. The van der Waals surface area contributed by atoms with Crippen LogP contribution in [0.3, 0.4) is 0 Å². The smallest absolute Gasteiger partial charge is 0.306 e. The van der Waals surface area contributed by atoms with Gasteiger partial charge in [0.1, 0.15) is 0 Å². The van der Waals surface area contributed by atoms with Gasteiger partial charge in [0.15, 0.2) is 0 Å². The van der Waals surface area contributed by atoms with Crippen molar-refractivity contribution in [3.05, 3.63) is 223 Å². The first kappa shape index (κ1) is 45.1. The number of pyridine rings is 2. The Morgan fingerprint density at radius 1 is 0.385 bits per heavy atom. The van der Waals surface area contributed by atoms with Crippen molar-refractivity contribution < 1.29 is 26.3 Å². The average molecular weight is 1040 g/mol. The number of hydrogen-bond acceptors (Lipinski definition) is 2. The van der Waals surface area contributed by atoms with Crippen molar-refractivity contribution in [3.63, 3.8) is 0 Å². The van der Waals surface area contributed by atoms with Crippen LogP contribution in [0, 0.1) is 10.8 Å². The van der Waals surface area contributed by atoms with Crippen LogP contribution in [0.5, 0.6) is 0 Å². The van der Waals surface area contributed by atoms with Crippen LogP contribution >= 0.6 is 0 Å². The molecule has 0 unspecified atom stereocenters. The van der Waals surface area contributed by atoms with Crippen LogP contribution in [-0.2, 0) is 25.2 Å². The van der Waals surface area contributed by atoms with E-state index < -0.39 is 34.3 Å². The third-order valence-corrected chi connectivity index (χ3v) is 18.2. The third kappa shape index (κ3) is 5.48. The van der Waals surface area contributed by atoms with Gasteiger partial charge in [0.2, 0.25) is 0 Å². The van der Waals surface area contributed by atoms with Crippen molar-refractivity contribution in [2.75, 3.05) is 0 Å². The van der Waals surface area contributed by atoms with Gasteiger partial charge in [-0.05, 0) is 115 Å². The molecule has 0 atom stereocenters. The third-order valence-electron chi connectivity index (χ3n) is 18.2. The molecule has 0 fully saturated rings. The van der Waals surface area contributed by atoms with Gasteiger partial charge in [0.05, 0.1) is 79.8 Å². The zero-order valence-corrected chi connectivity index (χ0v) is 43.5. The fourth-order valence-corrected chi connectivity index (χ4v) is 15.9. The Labute approximate surface area is 443 Å². The Morgan fingerprint density at radius 2 is 0.667 bits per heavy atom. The lowest BCUT2D eigenvalue weighted by Gasteiger charge is -2.41. The Morgan fingerprint density at radius 3 is 0.949 bits per heavy atom. The van der Waals surface area contributed by atoms with Crippen LogP contribution in [0.4, 0.5) is 26.3 Å². The second-order valence-corrected chi connectivity index (χ2v) is 25.3. The van der Waals surface area contributed by atoms with E-state index in [0.717, 1.165) is 100.0 Å². The summed E-state index contributed by atoms with van der Waals surface area (Å²) >= 11 is 0. The molecule has 382 valence electrons. The molecule has 0 saturated carbocycles. The second-order valence-electron chi connectivity index (χ2n) is 25.3. The van der Waals surface area contributed by atoms with E-state index in [1.54, 1.807) is 0 Å². The molecule has 6 heterocycles. The number of fused-ring (bicyclic) bond motifs is 12. The maximum atomic E-state index is 16.0. The molecule has 0 saturated heterocycles. The number of halogens is 6. The molecule has 10 heteroatoms. The zero-order valence-electron chi connectivity index (χ0n) is 43.5. The Kier molecular flexibility index (Phi) is 8.20. The summed E-state index contributed by atoms with van der Waals surface area (Å²) in [6.45, 7) is 12.7. The fourth-order valence-electron chi connectivity index (χ4n) is 15.9. The number of rotatable bonds is 2. The van der Waals surface area contributed by atoms with E-state index in [1.807, 2.05) is 60.9 Å². The first-order valence-electron chi connectivity index (χ1n) is 27.0. The highest BCUT2D eigenvalue weighted by molar-refractivity contribution is 6.32. The van der Waals surface area contributed by atoms with Gasteiger partial charge < -0.3 is 8.80 Å². The van der Waals surface area contributed by atoms with E-state index in [1.165, 1.54) is 24.3 Å². The molecule has 13 aromatic rings. The molecule has 6 aliphatic carbocycles. The average Bonchev–Trinajstić information content (AvgIpc) is 4.24. The summed E-state index contributed by atoms with van der Waals surface area (Å²) in [5.74, 6) is -1.01. The number of hydrogen-bond donors (Lipinski definition) is 0. The number of nitrogens with zero attached hydrogens (tertiary/aromatic N) is 4. The van der Waals surface area contributed by atoms with Crippen molar-refractivity contribution >= 4 is 76.2 Å². The zero-order chi connectivity index (χ0) is 53.2. The molecular formula is C68H48F6N4. The Balaban J connectivity index is 1.10. The topological polar surface area (TPSA) is 34.6 Å². The monoisotopic (exact) mass is 1030 g/mol. The summed E-state index contributed by atoms with van der Waals surface area (Å²) < 4.78 is 100. The molecule has 78 heavy (non-hydrogen) atoms. The fraction of sp³-hybridized carbons (Fsp3) is 0.235. The lowest BCUT2D eigenvalue weighted by molar-refractivity contribution is -0.138. The molecule has 0 amide bonds. The minimum atomic E-state index is -4.71. The summed E-state index contributed by atoms with van der Waals surface area (Å²) in [6, 6.07) is 38.8. The van der Waals surface area contributed by atoms with Gasteiger partial charge in [-0.25, -0.2) is 0 Å². The second kappa shape index (κ2) is 14.2. The standard InChI is InChI=1S/C68H48F6N4/c1-65(2,3)27-45-53-41-23-31(67(69,70)71)25-43-56-48(30-76-60-52-39-21-13-9-17-35(39)50(58(56)60)36-18-10-14-22-40(36)52)78(61(41)43)64(53)46(28-66(4,5)6)54-42-24-32(68(72,73)74)26-44-55-47(77(62(42)44)63(45)54)29-75-59-51-37-19-11-7-15-33(37)49(57(55)59)34-16-8-12-20-38(34)51/h7-26,29-30,49-52H,27-28H2,1-6H3. The molecule has 0 spiro atoms. The van der Waals surface area contributed by atoms with E-state index in [0.29, 0.717) is 67.2 Å². The number of benzene rings is 7.